The average molecular weight is 424 g/mol. The second-order valence-electron chi connectivity index (χ2n) is 7.31. The summed E-state index contributed by atoms with van der Waals surface area (Å²) in [7, 11) is -4.37. The van der Waals surface area contributed by atoms with E-state index >= 15 is 0 Å². The van der Waals surface area contributed by atoms with E-state index in [0.29, 0.717) is 24.3 Å². The van der Waals surface area contributed by atoms with Gasteiger partial charge < -0.3 is 9.05 Å². The maximum atomic E-state index is 12.6. The number of hydrogen-bond acceptors (Lipinski definition) is 4. The zero-order chi connectivity index (χ0) is 21.6. The van der Waals surface area contributed by atoms with Gasteiger partial charge in [-0.15, -0.1) is 0 Å². The fraction of sp³-hybridized carbons (Fsp3) is 0.208. The van der Waals surface area contributed by atoms with Crippen molar-refractivity contribution in [3.8, 4) is 11.5 Å². The van der Waals surface area contributed by atoms with Crippen LogP contribution in [0.1, 0.15) is 47.7 Å². The van der Waals surface area contributed by atoms with Crippen LogP contribution in [-0.4, -0.2) is 10.7 Å². The van der Waals surface area contributed by atoms with Gasteiger partial charge in [0.25, 0.3) is 0 Å². The van der Waals surface area contributed by atoms with E-state index in [0.717, 1.165) is 5.56 Å². The number of carbonyl (C=O) groups is 1. The first kappa shape index (κ1) is 21.8. The van der Waals surface area contributed by atoms with Crippen molar-refractivity contribution in [1.82, 2.24) is 0 Å². The Kier molecular flexibility index (Phi) is 7.09. The van der Waals surface area contributed by atoms with E-state index in [9.17, 15) is 14.3 Å². The van der Waals surface area contributed by atoms with Gasteiger partial charge >= 0.3 is 7.82 Å². The van der Waals surface area contributed by atoms with Gasteiger partial charge in [-0.25, -0.2) is 4.57 Å². The molecule has 5 nitrogen and oxygen atoms in total. The summed E-state index contributed by atoms with van der Waals surface area (Å²) in [4.78, 5) is 22.6. The van der Waals surface area contributed by atoms with Crippen LogP contribution in [0.4, 0.5) is 0 Å². The highest BCUT2D eigenvalue weighted by Crippen LogP contribution is 2.44. The summed E-state index contributed by atoms with van der Waals surface area (Å²) >= 11 is 0. The maximum absolute atomic E-state index is 12.6. The summed E-state index contributed by atoms with van der Waals surface area (Å²) in [6.07, 6.45) is 0.958. The van der Waals surface area contributed by atoms with Gasteiger partial charge in [-0.3, -0.25) is 9.69 Å². The molecule has 6 heteroatoms. The first-order valence-corrected chi connectivity index (χ1v) is 11.3. The van der Waals surface area contributed by atoms with Gasteiger partial charge in [-0.2, -0.15) is 0 Å². The number of phosphoric ester groups is 1. The van der Waals surface area contributed by atoms with E-state index in [1.54, 1.807) is 42.5 Å². The minimum absolute atomic E-state index is 0.0647. The van der Waals surface area contributed by atoms with Crippen LogP contribution in [0.2, 0.25) is 0 Å². The number of hydrogen-bond donors (Lipinski definition) is 1. The number of benzene rings is 3. The molecule has 30 heavy (non-hydrogen) atoms. The van der Waals surface area contributed by atoms with E-state index in [1.807, 2.05) is 12.1 Å². The lowest BCUT2D eigenvalue weighted by Gasteiger charge is -2.14. The second kappa shape index (κ2) is 9.75. The molecule has 0 bridgehead atoms. The highest BCUT2D eigenvalue weighted by atomic mass is 31.2. The Bertz CT molecular complexity index is 1030. The maximum Gasteiger partial charge on any atom is 0.584 e. The SMILES string of the molecule is CC(C)c1ccc(CCC(=O)c2cccc(OP(=O)(O)Oc3ccccc3)c2)cc1. The van der Waals surface area contributed by atoms with Crippen LogP contribution in [0.25, 0.3) is 0 Å². The Hall–Kier alpha value is -2.88. The van der Waals surface area contributed by atoms with Crippen molar-refractivity contribution in [3.63, 3.8) is 0 Å². The molecular formula is C24H25O5P. The van der Waals surface area contributed by atoms with Crippen molar-refractivity contribution in [2.75, 3.05) is 0 Å². The molecule has 0 saturated heterocycles. The Labute approximate surface area is 176 Å². The van der Waals surface area contributed by atoms with Crippen LogP contribution in [-0.2, 0) is 11.0 Å². The van der Waals surface area contributed by atoms with Gasteiger partial charge in [-0.05, 0) is 47.7 Å². The van der Waals surface area contributed by atoms with Gasteiger partial charge in [-0.1, -0.05) is 68.4 Å². The summed E-state index contributed by atoms with van der Waals surface area (Å²) in [6.45, 7) is 4.29. The molecule has 3 rings (SSSR count). The van der Waals surface area contributed by atoms with Gasteiger partial charge in [0.2, 0.25) is 0 Å². The number of para-hydroxylation sites is 1. The van der Waals surface area contributed by atoms with Crippen LogP contribution < -0.4 is 9.05 Å². The predicted octanol–water partition coefficient (Wildman–Crippen LogP) is 6.18. The first-order valence-electron chi connectivity index (χ1n) is 9.81. The summed E-state index contributed by atoms with van der Waals surface area (Å²) in [5, 5.41) is 0. The van der Waals surface area contributed by atoms with Crippen LogP contribution in [0.5, 0.6) is 11.5 Å². The fourth-order valence-corrected chi connectivity index (χ4v) is 3.77. The first-order chi connectivity index (χ1) is 14.3. The molecule has 0 heterocycles. The van der Waals surface area contributed by atoms with Gasteiger partial charge in [0.1, 0.15) is 11.5 Å². The number of Topliss-reactive ketones (excluding diaryl/α,β-unsaturated/α-hetero) is 1. The van der Waals surface area contributed by atoms with Gasteiger partial charge in [0.05, 0.1) is 0 Å². The van der Waals surface area contributed by atoms with E-state index in [2.05, 4.69) is 26.0 Å². The molecule has 0 aliphatic heterocycles. The zero-order valence-corrected chi connectivity index (χ0v) is 17.9. The fourth-order valence-electron chi connectivity index (χ4n) is 2.96. The van der Waals surface area contributed by atoms with E-state index in [1.165, 1.54) is 17.7 Å². The smallest absolute Gasteiger partial charge is 0.395 e. The number of carbonyl (C=O) groups excluding carboxylic acids is 1. The molecule has 3 aromatic carbocycles. The lowest BCUT2D eigenvalue weighted by atomic mass is 9.98. The van der Waals surface area contributed by atoms with Crippen molar-refractivity contribution in [2.45, 2.75) is 32.6 Å². The summed E-state index contributed by atoms with van der Waals surface area (Å²) in [5.74, 6) is 0.727. The molecule has 0 fully saturated rings. The third kappa shape index (κ3) is 6.31. The minimum Gasteiger partial charge on any atom is -0.395 e. The third-order valence-electron chi connectivity index (χ3n) is 4.63. The van der Waals surface area contributed by atoms with Crippen molar-refractivity contribution in [3.05, 3.63) is 95.6 Å². The molecule has 1 atom stereocenters. The van der Waals surface area contributed by atoms with Crippen LogP contribution in [0.15, 0.2) is 78.9 Å². The lowest BCUT2D eigenvalue weighted by molar-refractivity contribution is 0.0982. The highest BCUT2D eigenvalue weighted by Gasteiger charge is 2.25. The summed E-state index contributed by atoms with van der Waals surface area (Å²) < 4.78 is 22.4. The van der Waals surface area contributed by atoms with E-state index in [-0.39, 0.29) is 17.3 Å². The van der Waals surface area contributed by atoms with Crippen LogP contribution >= 0.6 is 7.82 Å². The standard InChI is InChI=1S/C24H25O5P/c1-18(2)20-14-11-19(12-15-20)13-16-24(25)21-7-6-10-23(17-21)29-30(26,27)28-22-8-4-3-5-9-22/h3-12,14-15,17-18H,13,16H2,1-2H3,(H,26,27). The molecule has 0 saturated carbocycles. The van der Waals surface area contributed by atoms with Crippen molar-refractivity contribution < 1.29 is 23.3 Å². The highest BCUT2D eigenvalue weighted by molar-refractivity contribution is 7.48. The molecule has 156 valence electrons. The number of phosphoric acid groups is 1. The van der Waals surface area contributed by atoms with Crippen molar-refractivity contribution in [1.29, 1.82) is 0 Å². The van der Waals surface area contributed by atoms with Crippen LogP contribution in [0, 0.1) is 0 Å². The topological polar surface area (TPSA) is 72.8 Å². The zero-order valence-electron chi connectivity index (χ0n) is 17.0. The lowest BCUT2D eigenvalue weighted by Crippen LogP contribution is -2.03. The minimum atomic E-state index is -4.37. The molecule has 1 unspecified atom stereocenters. The quantitative estimate of drug-likeness (QED) is 0.328. The molecule has 0 aliphatic rings. The number of rotatable bonds is 9. The molecule has 3 aromatic rings. The van der Waals surface area contributed by atoms with Crippen molar-refractivity contribution >= 4 is 13.6 Å². The predicted molar refractivity (Wildman–Crippen MR) is 117 cm³/mol. The monoisotopic (exact) mass is 424 g/mol. The molecule has 1 N–H and O–H groups in total. The van der Waals surface area contributed by atoms with Crippen molar-refractivity contribution in [2.24, 2.45) is 0 Å². The largest absolute Gasteiger partial charge is 0.584 e. The van der Waals surface area contributed by atoms with Gasteiger partial charge in [0, 0.05) is 12.0 Å². The molecule has 0 radical (unpaired) electrons. The Morgan fingerprint density at radius 1 is 0.900 bits per heavy atom. The Morgan fingerprint density at radius 3 is 2.20 bits per heavy atom. The molecular weight excluding hydrogens is 399 g/mol. The molecule has 0 aromatic heterocycles. The van der Waals surface area contributed by atoms with Gasteiger partial charge in [0.15, 0.2) is 5.78 Å². The molecule has 0 amide bonds. The molecule has 0 aliphatic carbocycles. The molecule has 0 spiro atoms. The average Bonchev–Trinajstić information content (AvgIpc) is 2.72. The number of ketones is 1. The summed E-state index contributed by atoms with van der Waals surface area (Å²) in [5.41, 5.74) is 2.78. The van der Waals surface area contributed by atoms with E-state index < -0.39 is 7.82 Å². The number of aryl methyl sites for hydroxylation is 1. The Morgan fingerprint density at radius 2 is 1.53 bits per heavy atom. The second-order valence-corrected chi connectivity index (χ2v) is 8.61. The normalized spacial score (nSPS) is 12.9. The van der Waals surface area contributed by atoms with Crippen LogP contribution in [0.3, 0.4) is 0 Å². The Balaban J connectivity index is 1.61. The third-order valence-corrected chi connectivity index (χ3v) is 5.51. The van der Waals surface area contributed by atoms with E-state index in [4.69, 9.17) is 9.05 Å². The summed E-state index contributed by atoms with van der Waals surface area (Å²) in [6, 6.07) is 22.8.